The zero-order valence-electron chi connectivity index (χ0n) is 8.45. The molecule has 0 aliphatic rings. The highest BCUT2D eigenvalue weighted by molar-refractivity contribution is 5.29. The lowest BCUT2D eigenvalue weighted by molar-refractivity contribution is 0.0955. The van der Waals surface area contributed by atoms with E-state index in [2.05, 4.69) is 19.1 Å². The second-order valence-electron chi connectivity index (χ2n) is 3.32. The molecule has 0 spiro atoms. The van der Waals surface area contributed by atoms with Gasteiger partial charge in [-0.2, -0.15) is 0 Å². The predicted octanol–water partition coefficient (Wildman–Crippen LogP) is 2.03. The summed E-state index contributed by atoms with van der Waals surface area (Å²) in [5.41, 5.74) is 8.41. The minimum atomic E-state index is -0.0359. The molecule has 1 rings (SSSR count). The quantitative estimate of drug-likeness (QED) is 0.770. The standard InChI is InChI=1S/C11H17NO/c1-8-6-4-5-7-10(8)11(12)9(2)13-3/h4-7,9,11H,12H2,1-3H3. The molecule has 0 heterocycles. The van der Waals surface area contributed by atoms with Crippen molar-refractivity contribution in [1.29, 1.82) is 0 Å². The largest absolute Gasteiger partial charge is 0.380 e. The molecule has 1 aromatic carbocycles. The van der Waals surface area contributed by atoms with E-state index in [1.807, 2.05) is 19.1 Å². The van der Waals surface area contributed by atoms with Crippen LogP contribution in [0, 0.1) is 6.92 Å². The van der Waals surface area contributed by atoms with E-state index in [9.17, 15) is 0 Å². The number of hydrogen-bond acceptors (Lipinski definition) is 2. The van der Waals surface area contributed by atoms with Gasteiger partial charge in [0.25, 0.3) is 0 Å². The number of benzene rings is 1. The Labute approximate surface area is 79.7 Å². The molecule has 2 atom stereocenters. The predicted molar refractivity (Wildman–Crippen MR) is 54.6 cm³/mol. The first kappa shape index (κ1) is 10.2. The van der Waals surface area contributed by atoms with Gasteiger partial charge >= 0.3 is 0 Å². The lowest BCUT2D eigenvalue weighted by Crippen LogP contribution is -2.25. The van der Waals surface area contributed by atoms with Gasteiger partial charge in [0.05, 0.1) is 12.1 Å². The van der Waals surface area contributed by atoms with Crippen LogP contribution in [-0.4, -0.2) is 13.2 Å². The summed E-state index contributed by atoms with van der Waals surface area (Å²) in [4.78, 5) is 0. The molecule has 0 aliphatic heterocycles. The molecule has 0 saturated carbocycles. The van der Waals surface area contributed by atoms with Crippen LogP contribution < -0.4 is 5.73 Å². The Morgan fingerprint density at radius 2 is 1.92 bits per heavy atom. The molecule has 13 heavy (non-hydrogen) atoms. The molecule has 0 amide bonds. The van der Waals surface area contributed by atoms with Crippen molar-refractivity contribution >= 4 is 0 Å². The topological polar surface area (TPSA) is 35.2 Å². The Morgan fingerprint density at radius 3 is 2.46 bits per heavy atom. The zero-order valence-corrected chi connectivity index (χ0v) is 8.45. The summed E-state index contributed by atoms with van der Waals surface area (Å²) in [6, 6.07) is 8.10. The molecule has 0 aromatic heterocycles. The first-order valence-electron chi connectivity index (χ1n) is 4.50. The van der Waals surface area contributed by atoms with Crippen LogP contribution in [0.15, 0.2) is 24.3 Å². The van der Waals surface area contributed by atoms with E-state index in [1.165, 1.54) is 5.56 Å². The van der Waals surface area contributed by atoms with E-state index in [0.717, 1.165) is 5.56 Å². The third-order valence-electron chi connectivity index (χ3n) is 2.43. The summed E-state index contributed by atoms with van der Waals surface area (Å²) in [6.45, 7) is 4.05. The molecule has 0 fully saturated rings. The number of aryl methyl sites for hydroxylation is 1. The van der Waals surface area contributed by atoms with Crippen molar-refractivity contribution < 1.29 is 4.74 Å². The van der Waals surface area contributed by atoms with Crippen LogP contribution in [0.25, 0.3) is 0 Å². The SMILES string of the molecule is COC(C)C(N)c1ccccc1C. The minimum absolute atomic E-state index is 0.0359. The Kier molecular flexibility index (Phi) is 3.46. The van der Waals surface area contributed by atoms with Gasteiger partial charge in [-0.05, 0) is 25.0 Å². The van der Waals surface area contributed by atoms with Crippen molar-refractivity contribution in [3.63, 3.8) is 0 Å². The highest BCUT2D eigenvalue weighted by atomic mass is 16.5. The van der Waals surface area contributed by atoms with Crippen molar-refractivity contribution in [2.75, 3.05) is 7.11 Å². The molecule has 2 unspecified atom stereocenters. The molecule has 2 nitrogen and oxygen atoms in total. The van der Waals surface area contributed by atoms with Gasteiger partial charge in [-0.3, -0.25) is 0 Å². The summed E-state index contributed by atoms with van der Waals surface area (Å²) in [6.07, 6.45) is 0.0566. The molecule has 1 aromatic rings. The Balaban J connectivity index is 2.88. The van der Waals surface area contributed by atoms with Crippen LogP contribution in [-0.2, 0) is 4.74 Å². The van der Waals surface area contributed by atoms with Gasteiger partial charge in [0.1, 0.15) is 0 Å². The van der Waals surface area contributed by atoms with Crippen LogP contribution in [0.1, 0.15) is 24.1 Å². The van der Waals surface area contributed by atoms with Crippen LogP contribution >= 0.6 is 0 Å². The minimum Gasteiger partial charge on any atom is -0.380 e. The van der Waals surface area contributed by atoms with Gasteiger partial charge in [-0.1, -0.05) is 24.3 Å². The maximum atomic E-state index is 6.02. The molecular weight excluding hydrogens is 162 g/mol. The van der Waals surface area contributed by atoms with Crippen molar-refractivity contribution in [2.24, 2.45) is 5.73 Å². The third-order valence-corrected chi connectivity index (χ3v) is 2.43. The van der Waals surface area contributed by atoms with Gasteiger partial charge in [-0.15, -0.1) is 0 Å². The van der Waals surface area contributed by atoms with Gasteiger partial charge < -0.3 is 10.5 Å². The van der Waals surface area contributed by atoms with Gasteiger partial charge in [-0.25, -0.2) is 0 Å². The van der Waals surface area contributed by atoms with E-state index in [4.69, 9.17) is 10.5 Å². The summed E-state index contributed by atoms with van der Waals surface area (Å²) < 4.78 is 5.20. The van der Waals surface area contributed by atoms with E-state index in [1.54, 1.807) is 7.11 Å². The van der Waals surface area contributed by atoms with Crippen LogP contribution in [0.4, 0.5) is 0 Å². The molecule has 2 heteroatoms. The van der Waals surface area contributed by atoms with Gasteiger partial charge in [0.15, 0.2) is 0 Å². The van der Waals surface area contributed by atoms with Gasteiger partial charge in [0.2, 0.25) is 0 Å². The molecule has 0 aliphatic carbocycles. The molecule has 0 saturated heterocycles. The average molecular weight is 179 g/mol. The Bertz CT molecular complexity index is 273. The Hall–Kier alpha value is -0.860. The van der Waals surface area contributed by atoms with Gasteiger partial charge in [0, 0.05) is 7.11 Å². The monoisotopic (exact) mass is 179 g/mol. The fourth-order valence-electron chi connectivity index (χ4n) is 1.36. The maximum absolute atomic E-state index is 6.02. The third kappa shape index (κ3) is 2.29. The second-order valence-corrected chi connectivity index (χ2v) is 3.32. The average Bonchev–Trinajstić information content (AvgIpc) is 2.16. The first-order valence-corrected chi connectivity index (χ1v) is 4.50. The number of hydrogen-bond donors (Lipinski definition) is 1. The summed E-state index contributed by atoms with van der Waals surface area (Å²) in [7, 11) is 1.68. The number of rotatable bonds is 3. The van der Waals surface area contributed by atoms with E-state index >= 15 is 0 Å². The normalized spacial score (nSPS) is 15.4. The smallest absolute Gasteiger partial charge is 0.0735 e. The number of methoxy groups -OCH3 is 1. The Morgan fingerprint density at radius 1 is 1.31 bits per heavy atom. The molecule has 0 bridgehead atoms. The lowest BCUT2D eigenvalue weighted by Gasteiger charge is -2.20. The maximum Gasteiger partial charge on any atom is 0.0735 e. The highest BCUT2D eigenvalue weighted by Crippen LogP contribution is 2.19. The number of nitrogens with two attached hydrogens (primary N) is 1. The summed E-state index contributed by atoms with van der Waals surface area (Å²) >= 11 is 0. The molecule has 0 radical (unpaired) electrons. The van der Waals surface area contributed by atoms with E-state index < -0.39 is 0 Å². The fourth-order valence-corrected chi connectivity index (χ4v) is 1.36. The molecular formula is C11H17NO. The van der Waals surface area contributed by atoms with Crippen molar-refractivity contribution in [3.05, 3.63) is 35.4 Å². The lowest BCUT2D eigenvalue weighted by atomic mass is 9.99. The van der Waals surface area contributed by atoms with Crippen LogP contribution in [0.3, 0.4) is 0 Å². The highest BCUT2D eigenvalue weighted by Gasteiger charge is 2.15. The first-order chi connectivity index (χ1) is 6.16. The molecule has 72 valence electrons. The van der Waals surface area contributed by atoms with Crippen molar-refractivity contribution in [1.82, 2.24) is 0 Å². The summed E-state index contributed by atoms with van der Waals surface area (Å²) in [5.74, 6) is 0. The van der Waals surface area contributed by atoms with E-state index in [0.29, 0.717) is 0 Å². The van der Waals surface area contributed by atoms with Crippen molar-refractivity contribution in [3.8, 4) is 0 Å². The second kappa shape index (κ2) is 4.40. The van der Waals surface area contributed by atoms with Crippen molar-refractivity contribution in [2.45, 2.75) is 26.0 Å². The molecule has 2 N–H and O–H groups in total. The fraction of sp³-hybridized carbons (Fsp3) is 0.455. The van der Waals surface area contributed by atoms with Crippen LogP contribution in [0.2, 0.25) is 0 Å². The summed E-state index contributed by atoms with van der Waals surface area (Å²) in [5, 5.41) is 0. The zero-order chi connectivity index (χ0) is 9.84. The van der Waals surface area contributed by atoms with E-state index in [-0.39, 0.29) is 12.1 Å². The van der Waals surface area contributed by atoms with Crippen LogP contribution in [0.5, 0.6) is 0 Å². The number of ether oxygens (including phenoxy) is 1.